The molecule has 1 fully saturated rings. The average Bonchev–Trinajstić information content (AvgIpc) is 3.18. The van der Waals surface area contributed by atoms with E-state index in [9.17, 15) is 19.1 Å². The number of benzene rings is 2. The first-order chi connectivity index (χ1) is 13.9. The number of Topliss-reactive ketones (excluding diaryl/α,β-unsaturated/α-hetero) is 1. The predicted molar refractivity (Wildman–Crippen MR) is 109 cm³/mol. The summed E-state index contributed by atoms with van der Waals surface area (Å²) in [7, 11) is 0. The molecule has 4 rings (SSSR count). The van der Waals surface area contributed by atoms with E-state index in [-0.39, 0.29) is 11.3 Å². The summed E-state index contributed by atoms with van der Waals surface area (Å²) in [5, 5.41) is 11.3. The van der Waals surface area contributed by atoms with E-state index in [0.717, 1.165) is 10.6 Å². The molecule has 0 spiro atoms. The first-order valence-corrected chi connectivity index (χ1v) is 9.76. The average molecular weight is 408 g/mol. The Morgan fingerprint density at radius 2 is 1.72 bits per heavy atom. The number of nitrogens with zero attached hydrogens (tertiary/aromatic N) is 2. The van der Waals surface area contributed by atoms with Crippen LogP contribution in [0.1, 0.15) is 27.7 Å². The van der Waals surface area contributed by atoms with E-state index in [2.05, 4.69) is 4.98 Å². The normalized spacial score (nSPS) is 18.4. The van der Waals surface area contributed by atoms with Crippen LogP contribution >= 0.6 is 11.3 Å². The SMILES string of the molecule is Cc1nc(N2C(=O)C(=O)/C(=C(/O)c3ccccc3)[C@H]2c2ccc(F)cc2)sc1C. The van der Waals surface area contributed by atoms with Crippen molar-refractivity contribution >= 4 is 33.9 Å². The van der Waals surface area contributed by atoms with Crippen molar-refractivity contribution in [3.63, 3.8) is 0 Å². The zero-order valence-corrected chi connectivity index (χ0v) is 16.5. The molecule has 5 nitrogen and oxygen atoms in total. The van der Waals surface area contributed by atoms with Gasteiger partial charge in [0.25, 0.3) is 5.78 Å². The van der Waals surface area contributed by atoms with Crippen LogP contribution in [0.15, 0.2) is 60.2 Å². The van der Waals surface area contributed by atoms with Crippen LogP contribution < -0.4 is 4.90 Å². The maximum atomic E-state index is 13.5. The highest BCUT2D eigenvalue weighted by Gasteiger charge is 2.48. The number of anilines is 1. The van der Waals surface area contributed by atoms with Gasteiger partial charge in [-0.25, -0.2) is 9.37 Å². The second-order valence-corrected chi connectivity index (χ2v) is 7.91. The minimum absolute atomic E-state index is 0.0432. The number of aliphatic hydroxyl groups is 1. The van der Waals surface area contributed by atoms with Crippen molar-refractivity contribution in [2.24, 2.45) is 0 Å². The zero-order chi connectivity index (χ0) is 20.7. The van der Waals surface area contributed by atoms with Crippen molar-refractivity contribution in [1.29, 1.82) is 0 Å². The van der Waals surface area contributed by atoms with Gasteiger partial charge in [0.1, 0.15) is 11.6 Å². The molecular weight excluding hydrogens is 391 g/mol. The van der Waals surface area contributed by atoms with E-state index in [1.165, 1.54) is 40.5 Å². The Morgan fingerprint density at radius 3 is 2.31 bits per heavy atom. The highest BCUT2D eigenvalue weighted by Crippen LogP contribution is 2.43. The molecule has 2 heterocycles. The summed E-state index contributed by atoms with van der Waals surface area (Å²) in [6.07, 6.45) is 0. The topological polar surface area (TPSA) is 70.5 Å². The summed E-state index contributed by atoms with van der Waals surface area (Å²) in [4.78, 5) is 32.5. The molecule has 0 saturated carbocycles. The highest BCUT2D eigenvalue weighted by atomic mass is 32.1. The summed E-state index contributed by atoms with van der Waals surface area (Å²) in [6, 6.07) is 13.2. The van der Waals surface area contributed by atoms with Gasteiger partial charge in [-0.05, 0) is 31.5 Å². The van der Waals surface area contributed by atoms with E-state index in [1.807, 2.05) is 13.8 Å². The number of aromatic nitrogens is 1. The lowest BCUT2D eigenvalue weighted by atomic mass is 9.95. The number of ketones is 1. The van der Waals surface area contributed by atoms with Gasteiger partial charge >= 0.3 is 5.91 Å². The summed E-state index contributed by atoms with van der Waals surface area (Å²) in [5.74, 6) is -2.28. The Labute approximate surface area is 170 Å². The van der Waals surface area contributed by atoms with Crippen LogP contribution in [0.25, 0.3) is 5.76 Å². The number of halogens is 1. The molecule has 146 valence electrons. The van der Waals surface area contributed by atoms with Crippen molar-refractivity contribution in [1.82, 2.24) is 4.98 Å². The molecule has 1 atom stereocenters. The van der Waals surface area contributed by atoms with Crippen LogP contribution in [0.3, 0.4) is 0 Å². The van der Waals surface area contributed by atoms with Crippen molar-refractivity contribution in [2.75, 3.05) is 4.90 Å². The first kappa shape index (κ1) is 19.0. The second kappa shape index (κ2) is 7.25. The van der Waals surface area contributed by atoms with Crippen LogP contribution in [0.2, 0.25) is 0 Å². The number of carbonyl (C=O) groups excluding carboxylic acids is 2. The molecular formula is C22H17FN2O3S. The van der Waals surface area contributed by atoms with E-state index >= 15 is 0 Å². The fourth-order valence-electron chi connectivity index (χ4n) is 3.30. The Bertz CT molecular complexity index is 1120. The lowest BCUT2D eigenvalue weighted by Gasteiger charge is -2.23. The van der Waals surface area contributed by atoms with Crippen LogP contribution in [-0.2, 0) is 9.59 Å². The van der Waals surface area contributed by atoms with Gasteiger partial charge in [0.2, 0.25) is 0 Å². The summed E-state index contributed by atoms with van der Waals surface area (Å²) in [5.41, 5.74) is 1.64. The Balaban J connectivity index is 1.95. The molecule has 2 aromatic carbocycles. The minimum atomic E-state index is -0.902. The van der Waals surface area contributed by atoms with E-state index < -0.39 is 23.5 Å². The van der Waals surface area contributed by atoms with Gasteiger partial charge in [0.05, 0.1) is 17.3 Å². The molecule has 1 aromatic heterocycles. The molecule has 1 saturated heterocycles. The molecule has 0 aliphatic carbocycles. The van der Waals surface area contributed by atoms with Crippen molar-refractivity contribution in [3.05, 3.63) is 87.7 Å². The van der Waals surface area contributed by atoms with Gasteiger partial charge in [-0.2, -0.15) is 0 Å². The molecule has 1 aliphatic heterocycles. The monoisotopic (exact) mass is 408 g/mol. The Hall–Kier alpha value is -3.32. The molecule has 1 aliphatic rings. The Morgan fingerprint density at radius 1 is 1.07 bits per heavy atom. The third kappa shape index (κ3) is 3.23. The van der Waals surface area contributed by atoms with Gasteiger partial charge in [-0.3, -0.25) is 14.5 Å². The van der Waals surface area contributed by atoms with Gasteiger partial charge in [-0.1, -0.05) is 42.5 Å². The molecule has 29 heavy (non-hydrogen) atoms. The van der Waals surface area contributed by atoms with Crippen LogP contribution in [0, 0.1) is 19.7 Å². The van der Waals surface area contributed by atoms with Crippen molar-refractivity contribution in [2.45, 2.75) is 19.9 Å². The summed E-state index contributed by atoms with van der Waals surface area (Å²) < 4.78 is 13.5. The molecule has 1 N–H and O–H groups in total. The van der Waals surface area contributed by atoms with Crippen LogP contribution in [0.5, 0.6) is 0 Å². The molecule has 0 unspecified atom stereocenters. The maximum absolute atomic E-state index is 13.5. The lowest BCUT2D eigenvalue weighted by molar-refractivity contribution is -0.132. The van der Waals surface area contributed by atoms with Gasteiger partial charge in [-0.15, -0.1) is 11.3 Å². The number of hydrogen-bond acceptors (Lipinski definition) is 5. The second-order valence-electron chi connectivity index (χ2n) is 6.72. The third-order valence-electron chi connectivity index (χ3n) is 4.90. The fraction of sp³-hybridized carbons (Fsp3) is 0.136. The largest absolute Gasteiger partial charge is 0.507 e. The first-order valence-electron chi connectivity index (χ1n) is 8.94. The van der Waals surface area contributed by atoms with Gasteiger partial charge in [0.15, 0.2) is 5.13 Å². The van der Waals surface area contributed by atoms with Crippen molar-refractivity contribution < 1.29 is 19.1 Å². The lowest BCUT2D eigenvalue weighted by Crippen LogP contribution is -2.29. The molecule has 0 bridgehead atoms. The maximum Gasteiger partial charge on any atom is 0.301 e. The quantitative estimate of drug-likeness (QED) is 0.393. The number of amides is 1. The zero-order valence-electron chi connectivity index (χ0n) is 15.7. The minimum Gasteiger partial charge on any atom is -0.507 e. The van der Waals surface area contributed by atoms with E-state index in [0.29, 0.717) is 16.3 Å². The van der Waals surface area contributed by atoms with Gasteiger partial charge < -0.3 is 5.11 Å². The molecule has 1 amide bonds. The number of hydrogen-bond donors (Lipinski definition) is 1. The van der Waals surface area contributed by atoms with Crippen molar-refractivity contribution in [3.8, 4) is 0 Å². The third-order valence-corrected chi connectivity index (χ3v) is 5.97. The number of thiazole rings is 1. The number of aliphatic hydroxyl groups excluding tert-OH is 1. The highest BCUT2D eigenvalue weighted by molar-refractivity contribution is 7.16. The molecule has 0 radical (unpaired) electrons. The summed E-state index contributed by atoms with van der Waals surface area (Å²) >= 11 is 1.29. The molecule has 7 heteroatoms. The standard InChI is InChI=1S/C22H17FN2O3S/c1-12-13(2)29-22(24-12)25-18(14-8-10-16(23)11-9-14)17(20(27)21(25)28)19(26)15-6-4-3-5-7-15/h3-11,18,26H,1-2H3/b19-17+/t18-/m1/s1. The van der Waals surface area contributed by atoms with Crippen LogP contribution in [0.4, 0.5) is 9.52 Å². The number of carbonyl (C=O) groups is 2. The number of aryl methyl sites for hydroxylation is 2. The van der Waals surface area contributed by atoms with Crippen LogP contribution in [-0.4, -0.2) is 21.8 Å². The Kier molecular flexibility index (Phi) is 4.76. The molecule has 3 aromatic rings. The number of rotatable bonds is 3. The van der Waals surface area contributed by atoms with E-state index in [4.69, 9.17) is 0 Å². The van der Waals surface area contributed by atoms with Gasteiger partial charge in [0, 0.05) is 10.4 Å². The fourth-order valence-corrected chi connectivity index (χ4v) is 4.24. The summed E-state index contributed by atoms with van der Waals surface area (Å²) in [6.45, 7) is 3.70. The smallest absolute Gasteiger partial charge is 0.301 e. The van der Waals surface area contributed by atoms with E-state index in [1.54, 1.807) is 30.3 Å². The predicted octanol–water partition coefficient (Wildman–Crippen LogP) is 4.53.